The maximum Gasteiger partial charge on any atom is 0.417 e. The first-order valence-corrected chi connectivity index (χ1v) is 15.0. The molecule has 3 atom stereocenters. The lowest BCUT2D eigenvalue weighted by Crippen LogP contribution is -2.31. The number of carbonyl (C=O) groups is 2. The van der Waals surface area contributed by atoms with Crippen molar-refractivity contribution < 1.29 is 63.7 Å². The number of ether oxygens (including phenoxy) is 2. The molecule has 1 amide bonds. The van der Waals surface area contributed by atoms with E-state index in [2.05, 4.69) is 9.97 Å². The van der Waals surface area contributed by atoms with Crippen LogP contribution in [0.4, 0.5) is 44.3 Å². The summed E-state index contributed by atoms with van der Waals surface area (Å²) in [6.45, 7) is 1.64. The van der Waals surface area contributed by atoms with E-state index >= 15 is 0 Å². The number of nitrogens with zero attached hydrogens (tertiary/aromatic N) is 3. The highest BCUT2D eigenvalue weighted by Gasteiger charge is 2.52. The molecule has 17 heteroatoms. The summed E-state index contributed by atoms with van der Waals surface area (Å²) in [5, 5.41) is 9.35. The number of halogens is 9. The number of carbonyl (C=O) groups excluding carboxylic acids is 1. The maximum absolute atomic E-state index is 14.0. The van der Waals surface area contributed by atoms with Gasteiger partial charge in [-0.15, -0.1) is 0 Å². The number of alkyl halides is 9. The minimum absolute atomic E-state index is 0.0102. The molecule has 0 radical (unpaired) electrons. The number of hydrogen-bond acceptors (Lipinski definition) is 6. The van der Waals surface area contributed by atoms with Gasteiger partial charge in [-0.25, -0.2) is 14.6 Å². The van der Waals surface area contributed by atoms with Gasteiger partial charge in [0.25, 0.3) is 0 Å². The Balaban J connectivity index is 1.46. The predicted molar refractivity (Wildman–Crippen MR) is 159 cm³/mol. The number of methoxy groups -OCH3 is 1. The van der Waals surface area contributed by atoms with Crippen molar-refractivity contribution in [2.45, 2.75) is 56.5 Å². The Bertz CT molecular complexity index is 2010. The lowest BCUT2D eigenvalue weighted by Gasteiger charge is -2.25. The molecule has 8 nitrogen and oxygen atoms in total. The van der Waals surface area contributed by atoms with E-state index in [4.69, 9.17) is 9.47 Å². The van der Waals surface area contributed by atoms with E-state index < -0.39 is 71.0 Å². The summed E-state index contributed by atoms with van der Waals surface area (Å²) in [6.07, 6.45) is -16.2. The number of aryl methyl sites for hydroxylation is 1. The molecule has 4 heterocycles. The highest BCUT2D eigenvalue weighted by molar-refractivity contribution is 5.89. The van der Waals surface area contributed by atoms with Gasteiger partial charge in [0.1, 0.15) is 6.10 Å². The van der Waals surface area contributed by atoms with Gasteiger partial charge in [-0.1, -0.05) is 6.07 Å². The van der Waals surface area contributed by atoms with Crippen LogP contribution in [0.15, 0.2) is 60.9 Å². The Morgan fingerprint density at radius 3 is 2.06 bits per heavy atom. The molecule has 2 aromatic carbocycles. The summed E-state index contributed by atoms with van der Waals surface area (Å²) in [4.78, 5) is 34.2. The van der Waals surface area contributed by atoms with Crippen molar-refractivity contribution in [1.82, 2.24) is 14.9 Å². The van der Waals surface area contributed by atoms with Gasteiger partial charge in [-0.05, 0) is 78.9 Å². The first-order valence-electron chi connectivity index (χ1n) is 15.0. The third-order valence-electron chi connectivity index (χ3n) is 8.84. The van der Waals surface area contributed by atoms with Crippen LogP contribution in [0, 0.1) is 6.92 Å². The highest BCUT2D eigenvalue weighted by Crippen LogP contribution is 2.51. The zero-order valence-electron chi connectivity index (χ0n) is 26.2. The van der Waals surface area contributed by atoms with Crippen LogP contribution in [0.25, 0.3) is 22.4 Å². The molecule has 2 aliphatic heterocycles. The molecule has 2 aliphatic rings. The lowest BCUT2D eigenvalue weighted by atomic mass is 9.94. The minimum Gasteiger partial charge on any atom is -0.481 e. The zero-order chi connectivity index (χ0) is 37.2. The molecular formula is C34H24F9N3O5. The number of fused-ring (bicyclic) bond motifs is 1. The molecular weight excluding hydrogens is 701 g/mol. The number of aromatic carboxylic acids is 1. The molecule has 4 aromatic rings. The second-order valence-electron chi connectivity index (χ2n) is 12.0. The SMILES string of the molecule is COc1ncc(-c2ccc(C(=O)O)cc2C)cc1-c1ncc(C(F)(F)F)cc1[C@@H]1CC[C@H]2[C@@H](c3cc(C(F)(F)F)cc(C(F)(F)F)c3)OC(=O)N12. The summed E-state index contributed by atoms with van der Waals surface area (Å²) in [5.41, 5.74) is -3.71. The molecule has 2 saturated heterocycles. The molecule has 1 N–H and O–H groups in total. The third kappa shape index (κ3) is 6.63. The van der Waals surface area contributed by atoms with Gasteiger partial charge < -0.3 is 14.6 Å². The van der Waals surface area contributed by atoms with Gasteiger partial charge in [0.05, 0.1) is 52.7 Å². The van der Waals surface area contributed by atoms with Crippen LogP contribution in [-0.2, 0) is 23.3 Å². The lowest BCUT2D eigenvalue weighted by molar-refractivity contribution is -0.143. The third-order valence-corrected chi connectivity index (χ3v) is 8.84. The van der Waals surface area contributed by atoms with Crippen LogP contribution in [0.2, 0.25) is 0 Å². The summed E-state index contributed by atoms with van der Waals surface area (Å²) in [7, 11) is 1.25. The second-order valence-corrected chi connectivity index (χ2v) is 12.0. The molecule has 2 fully saturated rings. The average molecular weight is 726 g/mol. The maximum atomic E-state index is 14.0. The second kappa shape index (κ2) is 12.5. The van der Waals surface area contributed by atoms with Crippen LogP contribution >= 0.6 is 0 Å². The van der Waals surface area contributed by atoms with E-state index in [0.29, 0.717) is 35.0 Å². The van der Waals surface area contributed by atoms with E-state index in [1.165, 1.54) is 37.6 Å². The molecule has 268 valence electrons. The first kappa shape index (κ1) is 35.5. The fourth-order valence-electron chi connectivity index (χ4n) is 6.55. The van der Waals surface area contributed by atoms with Crippen molar-refractivity contribution in [3.05, 3.63) is 99.9 Å². The molecule has 0 bridgehead atoms. The van der Waals surface area contributed by atoms with Crippen molar-refractivity contribution in [1.29, 1.82) is 0 Å². The monoisotopic (exact) mass is 725 g/mol. The van der Waals surface area contributed by atoms with Crippen molar-refractivity contribution in [2.24, 2.45) is 0 Å². The van der Waals surface area contributed by atoms with Crippen LogP contribution in [-0.4, -0.2) is 45.2 Å². The van der Waals surface area contributed by atoms with E-state index in [9.17, 15) is 54.2 Å². The predicted octanol–water partition coefficient (Wildman–Crippen LogP) is 9.28. The molecule has 0 unspecified atom stereocenters. The van der Waals surface area contributed by atoms with Gasteiger partial charge in [0, 0.05) is 23.5 Å². The number of benzene rings is 2. The van der Waals surface area contributed by atoms with E-state index in [-0.39, 0.29) is 47.2 Å². The Hall–Kier alpha value is -5.35. The van der Waals surface area contributed by atoms with Crippen molar-refractivity contribution in [3.63, 3.8) is 0 Å². The van der Waals surface area contributed by atoms with Gasteiger partial charge in [-0.2, -0.15) is 39.5 Å². The van der Waals surface area contributed by atoms with E-state index in [0.717, 1.165) is 11.0 Å². The largest absolute Gasteiger partial charge is 0.481 e. The number of carboxylic acids is 1. The van der Waals surface area contributed by atoms with Gasteiger partial charge >= 0.3 is 30.6 Å². The van der Waals surface area contributed by atoms with E-state index in [1.807, 2.05) is 0 Å². The first-order chi connectivity index (χ1) is 23.8. The van der Waals surface area contributed by atoms with Gasteiger partial charge in [0.15, 0.2) is 0 Å². The average Bonchev–Trinajstić information content (AvgIpc) is 3.63. The fraction of sp³-hybridized carbons (Fsp3) is 0.294. The number of aromatic nitrogens is 2. The number of cyclic esters (lactones) is 1. The minimum atomic E-state index is -5.17. The van der Waals surface area contributed by atoms with Gasteiger partial charge in [0.2, 0.25) is 5.88 Å². The molecule has 6 rings (SSSR count). The Morgan fingerprint density at radius 2 is 1.49 bits per heavy atom. The van der Waals surface area contributed by atoms with Crippen LogP contribution in [0.1, 0.15) is 68.7 Å². The topological polar surface area (TPSA) is 102 Å². The smallest absolute Gasteiger partial charge is 0.417 e. The number of carboxylic acid groups (broad SMARTS) is 1. The van der Waals surface area contributed by atoms with Crippen molar-refractivity contribution >= 4 is 12.1 Å². The molecule has 2 aromatic heterocycles. The molecule has 51 heavy (non-hydrogen) atoms. The van der Waals surface area contributed by atoms with Crippen molar-refractivity contribution in [2.75, 3.05) is 7.11 Å². The number of amides is 1. The normalized spacial score (nSPS) is 19.2. The van der Waals surface area contributed by atoms with Crippen LogP contribution < -0.4 is 4.74 Å². The molecule has 0 aliphatic carbocycles. The summed E-state index contributed by atoms with van der Waals surface area (Å²) >= 11 is 0. The Labute approximate surface area is 282 Å². The Morgan fingerprint density at radius 1 is 0.843 bits per heavy atom. The standard InChI is InChI=1S/C34H24F9N3O5/c1-15-7-16(30(47)48)3-4-22(15)18-10-24(29(50-2)45-13-18)27-23(12-21(14-44-27)34(41,42)43)25-5-6-26-28(51-31(49)46(25)26)17-8-19(32(35,36)37)11-20(9-17)33(38,39)40/h3-4,7-14,25-26,28H,5-6H2,1-2H3,(H,47,48)/t25-,26-,28+/m0/s1. The van der Waals surface area contributed by atoms with Crippen molar-refractivity contribution in [3.8, 4) is 28.3 Å². The number of rotatable bonds is 6. The van der Waals surface area contributed by atoms with Crippen LogP contribution in [0.3, 0.4) is 0 Å². The summed E-state index contributed by atoms with van der Waals surface area (Å²) in [6, 6.07) is 5.05. The fourth-order valence-corrected chi connectivity index (χ4v) is 6.55. The van der Waals surface area contributed by atoms with Gasteiger partial charge in [-0.3, -0.25) is 9.88 Å². The van der Waals surface area contributed by atoms with Crippen LogP contribution in [0.5, 0.6) is 5.88 Å². The quantitative estimate of drug-likeness (QED) is 0.198. The Kier molecular flexibility index (Phi) is 8.66. The molecule has 0 saturated carbocycles. The number of hydrogen-bond donors (Lipinski definition) is 1. The zero-order valence-corrected chi connectivity index (χ0v) is 26.2. The molecule has 0 spiro atoms. The summed E-state index contributed by atoms with van der Waals surface area (Å²) in [5.74, 6) is -1.24. The summed E-state index contributed by atoms with van der Waals surface area (Å²) < 4.78 is 135. The highest BCUT2D eigenvalue weighted by atomic mass is 19.4. The number of pyridine rings is 2. The van der Waals surface area contributed by atoms with E-state index in [1.54, 1.807) is 6.92 Å².